The molecule has 3 N–H and O–H groups in total. The summed E-state index contributed by atoms with van der Waals surface area (Å²) < 4.78 is 0.752. The van der Waals surface area contributed by atoms with Crippen LogP contribution in [0.3, 0.4) is 0 Å². The number of nitrogens with two attached hydrogens (primary N) is 1. The standard InChI is InChI=1S/C14H14BrN5O/c1-3-20-12-9(5-8(15)6-17-12)14(21)19-11-7(2)4-10(16)18-13(11)20/h4-6H,3H2,1-2H3,(H2,16,18)(H,19,21). The Bertz CT molecular complexity index is 746. The smallest absolute Gasteiger partial charge is 0.259 e. The van der Waals surface area contributed by atoms with E-state index in [1.165, 1.54) is 0 Å². The zero-order valence-corrected chi connectivity index (χ0v) is 13.2. The van der Waals surface area contributed by atoms with Crippen LogP contribution in [-0.4, -0.2) is 22.4 Å². The zero-order chi connectivity index (χ0) is 15.1. The molecule has 7 heteroatoms. The maximum atomic E-state index is 12.5. The Balaban J connectivity index is 2.30. The Hall–Kier alpha value is -2.15. The molecule has 0 bridgehead atoms. The number of rotatable bonds is 1. The monoisotopic (exact) mass is 347 g/mol. The van der Waals surface area contributed by atoms with Gasteiger partial charge in [0, 0.05) is 17.2 Å². The second kappa shape index (κ2) is 5.00. The number of anilines is 4. The lowest BCUT2D eigenvalue weighted by Gasteiger charge is -2.22. The number of aromatic nitrogens is 2. The third-order valence-electron chi connectivity index (χ3n) is 3.36. The Morgan fingerprint density at radius 1 is 1.38 bits per heavy atom. The number of nitrogens with one attached hydrogen (secondary N) is 1. The molecule has 0 fully saturated rings. The fourth-order valence-corrected chi connectivity index (χ4v) is 2.76. The van der Waals surface area contributed by atoms with Crippen molar-refractivity contribution in [2.75, 3.05) is 22.5 Å². The number of aryl methyl sites for hydroxylation is 1. The summed E-state index contributed by atoms with van der Waals surface area (Å²) in [4.78, 5) is 23.1. The summed E-state index contributed by atoms with van der Waals surface area (Å²) in [6.45, 7) is 4.50. The van der Waals surface area contributed by atoms with Gasteiger partial charge in [-0.1, -0.05) is 0 Å². The lowest BCUT2D eigenvalue weighted by molar-refractivity contribution is 0.102. The molecule has 0 radical (unpaired) electrons. The van der Waals surface area contributed by atoms with Crippen LogP contribution in [0.4, 0.5) is 23.1 Å². The van der Waals surface area contributed by atoms with Crippen molar-refractivity contribution in [2.24, 2.45) is 0 Å². The fraction of sp³-hybridized carbons (Fsp3) is 0.214. The van der Waals surface area contributed by atoms with E-state index in [1.54, 1.807) is 18.3 Å². The van der Waals surface area contributed by atoms with Gasteiger partial charge in [-0.15, -0.1) is 0 Å². The maximum absolute atomic E-state index is 12.5. The molecule has 2 aromatic heterocycles. The van der Waals surface area contributed by atoms with Gasteiger partial charge in [-0.3, -0.25) is 4.79 Å². The van der Waals surface area contributed by atoms with E-state index in [0.717, 1.165) is 10.0 Å². The molecule has 21 heavy (non-hydrogen) atoms. The number of amides is 1. The number of halogens is 1. The molecule has 1 amide bonds. The summed E-state index contributed by atoms with van der Waals surface area (Å²) in [7, 11) is 0. The first-order valence-electron chi connectivity index (χ1n) is 6.52. The van der Waals surface area contributed by atoms with Crippen LogP contribution in [-0.2, 0) is 0 Å². The molecule has 1 aliphatic heterocycles. The van der Waals surface area contributed by atoms with Gasteiger partial charge in [0.2, 0.25) is 0 Å². The van der Waals surface area contributed by atoms with E-state index < -0.39 is 0 Å². The molecule has 3 rings (SSSR count). The Labute approximate surface area is 130 Å². The minimum absolute atomic E-state index is 0.203. The van der Waals surface area contributed by atoms with Crippen molar-refractivity contribution in [2.45, 2.75) is 13.8 Å². The van der Waals surface area contributed by atoms with Gasteiger partial charge in [0.1, 0.15) is 11.6 Å². The summed E-state index contributed by atoms with van der Waals surface area (Å²) in [6.07, 6.45) is 1.67. The van der Waals surface area contributed by atoms with Gasteiger partial charge < -0.3 is 16.0 Å². The van der Waals surface area contributed by atoms with Crippen LogP contribution >= 0.6 is 15.9 Å². The lowest BCUT2D eigenvalue weighted by atomic mass is 10.2. The van der Waals surface area contributed by atoms with Crippen molar-refractivity contribution in [3.05, 3.63) is 33.9 Å². The molecule has 0 saturated carbocycles. The average Bonchev–Trinajstić information content (AvgIpc) is 2.54. The molecule has 0 aromatic carbocycles. The minimum Gasteiger partial charge on any atom is -0.384 e. The highest BCUT2D eigenvalue weighted by Crippen LogP contribution is 2.38. The fourth-order valence-electron chi connectivity index (χ4n) is 2.43. The van der Waals surface area contributed by atoms with E-state index in [1.807, 2.05) is 18.7 Å². The van der Waals surface area contributed by atoms with Crippen LogP contribution in [0.25, 0.3) is 0 Å². The first-order valence-corrected chi connectivity index (χ1v) is 7.32. The number of fused-ring (bicyclic) bond motifs is 2. The van der Waals surface area contributed by atoms with Gasteiger partial charge in [-0.05, 0) is 47.5 Å². The van der Waals surface area contributed by atoms with Crippen LogP contribution in [0.2, 0.25) is 0 Å². The molecule has 0 aliphatic carbocycles. The third-order valence-corrected chi connectivity index (χ3v) is 3.80. The van der Waals surface area contributed by atoms with Gasteiger partial charge >= 0.3 is 0 Å². The van der Waals surface area contributed by atoms with E-state index in [-0.39, 0.29) is 5.91 Å². The van der Waals surface area contributed by atoms with Crippen molar-refractivity contribution in [3.8, 4) is 0 Å². The molecule has 1 aliphatic rings. The van der Waals surface area contributed by atoms with Gasteiger partial charge in [0.25, 0.3) is 5.91 Å². The quantitative estimate of drug-likeness (QED) is 0.828. The summed E-state index contributed by atoms with van der Waals surface area (Å²) in [5, 5.41) is 2.91. The lowest BCUT2D eigenvalue weighted by Crippen LogP contribution is -2.20. The van der Waals surface area contributed by atoms with Gasteiger partial charge in [-0.2, -0.15) is 0 Å². The third kappa shape index (κ3) is 2.23. The zero-order valence-electron chi connectivity index (χ0n) is 11.6. The summed E-state index contributed by atoms with van der Waals surface area (Å²) in [6, 6.07) is 3.50. The summed E-state index contributed by atoms with van der Waals surface area (Å²) in [5.74, 6) is 1.41. The molecule has 0 unspecified atom stereocenters. The highest BCUT2D eigenvalue weighted by molar-refractivity contribution is 9.10. The van der Waals surface area contributed by atoms with Crippen molar-refractivity contribution in [1.82, 2.24) is 9.97 Å². The molecular weight excluding hydrogens is 334 g/mol. The number of hydrogen-bond donors (Lipinski definition) is 2. The highest BCUT2D eigenvalue weighted by Gasteiger charge is 2.28. The van der Waals surface area contributed by atoms with Crippen LogP contribution in [0, 0.1) is 6.92 Å². The van der Waals surface area contributed by atoms with E-state index >= 15 is 0 Å². The predicted octanol–water partition coefficient (Wildman–Crippen LogP) is 2.85. The van der Waals surface area contributed by atoms with Crippen molar-refractivity contribution in [1.29, 1.82) is 0 Å². The molecule has 0 spiro atoms. The largest absolute Gasteiger partial charge is 0.384 e. The number of pyridine rings is 2. The van der Waals surface area contributed by atoms with Crippen molar-refractivity contribution >= 4 is 45.0 Å². The predicted molar refractivity (Wildman–Crippen MR) is 86.0 cm³/mol. The second-order valence-corrected chi connectivity index (χ2v) is 5.70. The van der Waals surface area contributed by atoms with Crippen molar-refractivity contribution in [3.63, 3.8) is 0 Å². The molecule has 6 nitrogen and oxygen atoms in total. The first-order chi connectivity index (χ1) is 10.0. The number of nitrogens with zero attached hydrogens (tertiary/aromatic N) is 3. The SMILES string of the molecule is CCN1c2ncc(Br)cc2C(=O)Nc2c(C)cc(N)nc21. The Morgan fingerprint density at radius 2 is 2.14 bits per heavy atom. The number of carbonyl (C=O) groups is 1. The molecule has 108 valence electrons. The number of carbonyl (C=O) groups excluding carboxylic acids is 1. The molecule has 2 aromatic rings. The number of nitrogen functional groups attached to an aromatic ring is 1. The molecule has 0 atom stereocenters. The maximum Gasteiger partial charge on any atom is 0.259 e. The van der Waals surface area contributed by atoms with E-state index in [4.69, 9.17) is 5.73 Å². The van der Waals surface area contributed by atoms with E-state index in [2.05, 4.69) is 31.2 Å². The van der Waals surface area contributed by atoms with E-state index in [0.29, 0.717) is 35.2 Å². The first kappa shape index (κ1) is 13.8. The highest BCUT2D eigenvalue weighted by atomic mass is 79.9. The Morgan fingerprint density at radius 3 is 2.86 bits per heavy atom. The van der Waals surface area contributed by atoms with Gasteiger partial charge in [0.05, 0.1) is 11.3 Å². The Kier molecular flexibility index (Phi) is 3.29. The molecular formula is C14H14BrN5O. The second-order valence-electron chi connectivity index (χ2n) is 4.79. The van der Waals surface area contributed by atoms with Gasteiger partial charge in [0.15, 0.2) is 5.82 Å². The van der Waals surface area contributed by atoms with E-state index in [9.17, 15) is 4.79 Å². The average molecular weight is 348 g/mol. The van der Waals surface area contributed by atoms with Gasteiger partial charge in [-0.25, -0.2) is 9.97 Å². The molecule has 0 saturated heterocycles. The van der Waals surface area contributed by atoms with Crippen LogP contribution in [0.1, 0.15) is 22.8 Å². The topological polar surface area (TPSA) is 84.1 Å². The summed E-state index contributed by atoms with van der Waals surface area (Å²) >= 11 is 3.35. The molecule has 3 heterocycles. The summed E-state index contributed by atoms with van der Waals surface area (Å²) in [5.41, 5.74) is 7.90. The van der Waals surface area contributed by atoms with Crippen LogP contribution < -0.4 is 16.0 Å². The minimum atomic E-state index is -0.203. The van der Waals surface area contributed by atoms with Crippen LogP contribution in [0.15, 0.2) is 22.8 Å². The van der Waals surface area contributed by atoms with Crippen molar-refractivity contribution < 1.29 is 4.79 Å². The van der Waals surface area contributed by atoms with Crippen LogP contribution in [0.5, 0.6) is 0 Å². The number of hydrogen-bond acceptors (Lipinski definition) is 5. The normalized spacial score (nSPS) is 13.3.